The summed E-state index contributed by atoms with van der Waals surface area (Å²) < 4.78 is 15.3. The van der Waals surface area contributed by atoms with Gasteiger partial charge in [0.15, 0.2) is 0 Å². The average Bonchev–Trinajstić information content (AvgIpc) is 3.04. The molecule has 0 bridgehead atoms. The summed E-state index contributed by atoms with van der Waals surface area (Å²) >= 11 is 0. The molecule has 0 saturated carbocycles. The Morgan fingerprint density at radius 3 is 2.36 bits per heavy atom. The van der Waals surface area contributed by atoms with E-state index < -0.39 is 5.97 Å². The lowest BCUT2D eigenvalue weighted by molar-refractivity contribution is -0.144. The summed E-state index contributed by atoms with van der Waals surface area (Å²) in [5.74, 6) is -1.21. The first-order valence-electron chi connectivity index (χ1n) is 9.10. The maximum Gasteiger partial charge on any atom is 0.355 e. The van der Waals surface area contributed by atoms with Gasteiger partial charge in [0.25, 0.3) is 0 Å². The van der Waals surface area contributed by atoms with Gasteiger partial charge in [-0.15, -0.1) is 0 Å². The van der Waals surface area contributed by atoms with E-state index in [0.29, 0.717) is 23.4 Å². The number of benzene rings is 1. The Hall–Kier alpha value is -3.09. The Morgan fingerprint density at radius 2 is 1.71 bits per heavy atom. The summed E-state index contributed by atoms with van der Waals surface area (Å²) in [6.45, 7) is 3.62. The van der Waals surface area contributed by atoms with E-state index in [1.54, 1.807) is 13.8 Å². The minimum Gasteiger partial charge on any atom is -0.469 e. The molecule has 0 saturated heterocycles. The largest absolute Gasteiger partial charge is 0.469 e. The number of ether oxygens (including phenoxy) is 3. The van der Waals surface area contributed by atoms with Gasteiger partial charge in [-0.1, -0.05) is 37.3 Å². The molecule has 150 valence electrons. The van der Waals surface area contributed by atoms with Gasteiger partial charge >= 0.3 is 17.9 Å². The minimum absolute atomic E-state index is 0.00398. The zero-order valence-corrected chi connectivity index (χ0v) is 16.4. The summed E-state index contributed by atoms with van der Waals surface area (Å²) in [5, 5.41) is 0. The van der Waals surface area contributed by atoms with E-state index in [1.807, 2.05) is 30.3 Å². The van der Waals surface area contributed by atoms with Crippen LogP contribution in [0.25, 0.3) is 0 Å². The minimum atomic E-state index is -0.506. The molecule has 0 aliphatic carbocycles. The Balaban J connectivity index is 2.17. The molecular weight excluding hydrogens is 362 g/mol. The van der Waals surface area contributed by atoms with Crippen molar-refractivity contribution in [2.75, 3.05) is 7.11 Å². The van der Waals surface area contributed by atoms with Crippen molar-refractivity contribution in [3.63, 3.8) is 0 Å². The molecule has 0 aliphatic heterocycles. The van der Waals surface area contributed by atoms with Gasteiger partial charge in [-0.2, -0.15) is 0 Å². The van der Waals surface area contributed by atoms with Gasteiger partial charge < -0.3 is 19.2 Å². The molecular formula is C21H25NO6. The van der Waals surface area contributed by atoms with Crippen LogP contribution in [0.1, 0.15) is 52.6 Å². The van der Waals surface area contributed by atoms with Gasteiger partial charge in [0, 0.05) is 12.8 Å². The molecule has 1 N–H and O–H groups in total. The molecule has 0 spiro atoms. The number of methoxy groups -OCH3 is 1. The van der Waals surface area contributed by atoms with E-state index in [2.05, 4.69) is 9.72 Å². The molecule has 1 aromatic heterocycles. The number of aromatic amines is 1. The van der Waals surface area contributed by atoms with Crippen molar-refractivity contribution in [3.8, 4) is 0 Å². The molecule has 0 radical (unpaired) electrons. The second-order valence-electron chi connectivity index (χ2n) is 6.23. The lowest BCUT2D eigenvalue weighted by Gasteiger charge is -2.06. The fraction of sp³-hybridized carbons (Fsp3) is 0.381. The van der Waals surface area contributed by atoms with Crippen LogP contribution in [-0.4, -0.2) is 30.0 Å². The van der Waals surface area contributed by atoms with Crippen LogP contribution in [0.5, 0.6) is 0 Å². The highest BCUT2D eigenvalue weighted by Gasteiger charge is 2.22. The lowest BCUT2D eigenvalue weighted by atomic mass is 10.0. The number of carbonyl (C=O) groups is 3. The second kappa shape index (κ2) is 10.3. The van der Waals surface area contributed by atoms with Crippen LogP contribution in [0.3, 0.4) is 0 Å². The zero-order chi connectivity index (χ0) is 20.5. The third-order valence-electron chi connectivity index (χ3n) is 4.36. The van der Waals surface area contributed by atoms with Gasteiger partial charge in [0.1, 0.15) is 18.9 Å². The molecule has 1 heterocycles. The first-order chi connectivity index (χ1) is 13.5. The second-order valence-corrected chi connectivity index (χ2v) is 6.23. The van der Waals surface area contributed by atoms with Crippen LogP contribution in [0.4, 0.5) is 0 Å². The molecule has 2 rings (SSSR count). The van der Waals surface area contributed by atoms with Crippen molar-refractivity contribution in [1.29, 1.82) is 0 Å². The van der Waals surface area contributed by atoms with E-state index >= 15 is 0 Å². The Morgan fingerprint density at radius 1 is 1.00 bits per heavy atom. The van der Waals surface area contributed by atoms with Crippen LogP contribution in [0.2, 0.25) is 0 Å². The van der Waals surface area contributed by atoms with Gasteiger partial charge in [-0.3, -0.25) is 9.59 Å². The van der Waals surface area contributed by atoms with Gasteiger partial charge in [-0.25, -0.2) is 4.79 Å². The highest BCUT2D eigenvalue weighted by molar-refractivity contribution is 5.90. The summed E-state index contributed by atoms with van der Waals surface area (Å²) in [6, 6.07) is 9.36. The highest BCUT2D eigenvalue weighted by atomic mass is 16.5. The Kier molecular flexibility index (Phi) is 7.80. The fourth-order valence-electron chi connectivity index (χ4n) is 2.74. The summed E-state index contributed by atoms with van der Waals surface area (Å²) in [4.78, 5) is 38.5. The maximum atomic E-state index is 12.5. The number of H-pyrrole nitrogens is 1. The van der Waals surface area contributed by atoms with Crippen molar-refractivity contribution in [1.82, 2.24) is 4.98 Å². The third kappa shape index (κ3) is 5.70. The number of hydrogen-bond donors (Lipinski definition) is 1. The van der Waals surface area contributed by atoms with Crippen molar-refractivity contribution in [2.45, 2.75) is 46.3 Å². The first kappa shape index (κ1) is 21.2. The highest BCUT2D eigenvalue weighted by Crippen LogP contribution is 2.22. The third-order valence-corrected chi connectivity index (χ3v) is 4.36. The van der Waals surface area contributed by atoms with Gasteiger partial charge in [0.05, 0.1) is 12.8 Å². The fourth-order valence-corrected chi connectivity index (χ4v) is 2.74. The molecule has 2 aromatic rings. The number of aromatic nitrogens is 1. The molecule has 0 amide bonds. The Labute approximate surface area is 164 Å². The smallest absolute Gasteiger partial charge is 0.355 e. The first-order valence-corrected chi connectivity index (χ1v) is 9.10. The zero-order valence-electron chi connectivity index (χ0n) is 16.4. The van der Waals surface area contributed by atoms with Crippen molar-refractivity contribution in [2.24, 2.45) is 0 Å². The van der Waals surface area contributed by atoms with Crippen LogP contribution < -0.4 is 0 Å². The van der Waals surface area contributed by atoms with Gasteiger partial charge in [0.2, 0.25) is 0 Å². The Bertz CT molecular complexity index is 825. The quantitative estimate of drug-likeness (QED) is 0.524. The molecule has 0 atom stereocenters. The number of nitrogens with one attached hydrogen (secondary N) is 1. The van der Waals surface area contributed by atoms with Crippen molar-refractivity contribution >= 4 is 17.9 Å². The summed E-state index contributed by atoms with van der Waals surface area (Å²) in [6.07, 6.45) is 0.769. The van der Waals surface area contributed by atoms with Gasteiger partial charge in [-0.05, 0) is 30.0 Å². The number of carbonyl (C=O) groups excluding carboxylic acids is 3. The van der Waals surface area contributed by atoms with E-state index in [0.717, 1.165) is 11.1 Å². The lowest BCUT2D eigenvalue weighted by Crippen LogP contribution is -2.08. The van der Waals surface area contributed by atoms with Crippen LogP contribution >= 0.6 is 0 Å². The predicted octanol–water partition coefficient (Wildman–Crippen LogP) is 3.24. The molecule has 0 unspecified atom stereocenters. The molecule has 28 heavy (non-hydrogen) atoms. The summed E-state index contributed by atoms with van der Waals surface area (Å²) in [7, 11) is 1.32. The topological polar surface area (TPSA) is 94.7 Å². The van der Waals surface area contributed by atoms with Crippen LogP contribution in [0.15, 0.2) is 30.3 Å². The van der Waals surface area contributed by atoms with Crippen molar-refractivity contribution in [3.05, 3.63) is 58.4 Å². The maximum absolute atomic E-state index is 12.5. The van der Waals surface area contributed by atoms with E-state index in [1.165, 1.54) is 7.11 Å². The number of esters is 3. The van der Waals surface area contributed by atoms with E-state index in [9.17, 15) is 14.4 Å². The molecule has 7 heteroatoms. The number of hydrogen-bond acceptors (Lipinski definition) is 6. The summed E-state index contributed by atoms with van der Waals surface area (Å²) in [5.41, 5.74) is 3.17. The number of rotatable bonds is 9. The average molecular weight is 387 g/mol. The SMILES string of the molecule is CCC(=O)OCc1[nH]c(C(=O)OCc2ccccc2)c(C)c1CCC(=O)OC. The normalized spacial score (nSPS) is 10.4. The molecule has 0 aliphatic rings. The predicted molar refractivity (Wildman–Crippen MR) is 102 cm³/mol. The molecule has 1 aromatic carbocycles. The molecule has 7 nitrogen and oxygen atoms in total. The van der Waals surface area contributed by atoms with Crippen LogP contribution in [-0.2, 0) is 43.4 Å². The standard InChI is InChI=1S/C21H25NO6/c1-4-18(23)27-13-17-16(10-11-19(24)26-3)14(2)20(22-17)21(25)28-12-15-8-6-5-7-9-15/h5-9,22H,4,10-13H2,1-3H3. The van der Waals surface area contributed by atoms with E-state index in [4.69, 9.17) is 9.47 Å². The van der Waals surface area contributed by atoms with Crippen molar-refractivity contribution < 1.29 is 28.6 Å². The molecule has 0 fully saturated rings. The van der Waals surface area contributed by atoms with Crippen LogP contribution in [0, 0.1) is 6.92 Å². The monoisotopic (exact) mass is 387 g/mol. The van der Waals surface area contributed by atoms with E-state index in [-0.39, 0.29) is 38.0 Å².